The minimum absolute atomic E-state index is 0.0866. The summed E-state index contributed by atoms with van der Waals surface area (Å²) in [6.45, 7) is 1.43. The maximum Gasteiger partial charge on any atom is 0.414 e. The lowest BCUT2D eigenvalue weighted by molar-refractivity contribution is -0.139. The van der Waals surface area contributed by atoms with Crippen LogP contribution in [0.1, 0.15) is 44.2 Å². The van der Waals surface area contributed by atoms with E-state index in [9.17, 15) is 18.0 Å². The van der Waals surface area contributed by atoms with E-state index in [1.165, 1.54) is 12.0 Å². The molecule has 6 nitrogen and oxygen atoms in total. The van der Waals surface area contributed by atoms with E-state index in [0.29, 0.717) is 35.9 Å². The van der Waals surface area contributed by atoms with Crippen LogP contribution in [0.4, 0.5) is 23.7 Å². The summed E-state index contributed by atoms with van der Waals surface area (Å²) >= 11 is 0. The van der Waals surface area contributed by atoms with E-state index < -0.39 is 25.3 Å². The first kappa shape index (κ1) is 20.6. The van der Waals surface area contributed by atoms with Crippen LogP contribution >= 0.6 is 0 Å². The van der Waals surface area contributed by atoms with Crippen LogP contribution in [0.25, 0.3) is 11.1 Å². The number of hydrogen-bond acceptors (Lipinski definition) is 4. The molecule has 2 aliphatic rings. The van der Waals surface area contributed by atoms with E-state index in [1.54, 1.807) is 12.3 Å². The highest BCUT2D eigenvalue weighted by Crippen LogP contribution is 2.44. The number of carbonyl (C=O) groups excluding carboxylic acids is 1. The number of aromatic nitrogens is 2. The summed E-state index contributed by atoms with van der Waals surface area (Å²) < 4.78 is 50.7. The first-order chi connectivity index (χ1) is 14.3. The van der Waals surface area contributed by atoms with Gasteiger partial charge in [-0.3, -0.25) is 9.58 Å². The molecule has 1 aromatic heterocycles. The second-order valence-electron chi connectivity index (χ2n) is 7.82. The molecular weight excluding hydrogens is 399 g/mol. The fourth-order valence-corrected chi connectivity index (χ4v) is 3.86. The molecule has 30 heavy (non-hydrogen) atoms. The maximum absolute atomic E-state index is 12.7. The Kier molecular flexibility index (Phi) is 5.38. The molecule has 2 aromatic rings. The van der Waals surface area contributed by atoms with Gasteiger partial charge in [-0.2, -0.15) is 18.3 Å². The van der Waals surface area contributed by atoms with Crippen molar-refractivity contribution in [1.82, 2.24) is 9.78 Å². The Morgan fingerprint density at radius 2 is 2.03 bits per heavy atom. The second kappa shape index (κ2) is 7.85. The lowest BCUT2D eigenvalue weighted by Crippen LogP contribution is -2.42. The van der Waals surface area contributed by atoms with Crippen molar-refractivity contribution in [2.45, 2.75) is 57.3 Å². The first-order valence-electron chi connectivity index (χ1n) is 10.1. The number of nitrogens with zero attached hydrogens (tertiary/aromatic N) is 3. The molecule has 1 fully saturated rings. The van der Waals surface area contributed by atoms with Crippen LogP contribution in [0.5, 0.6) is 5.75 Å². The Labute approximate surface area is 172 Å². The molecule has 0 bridgehead atoms. The normalized spacial score (nSPS) is 18.8. The van der Waals surface area contributed by atoms with Crippen LogP contribution in [0, 0.1) is 0 Å². The largest absolute Gasteiger partial charge is 0.492 e. The number of anilines is 1. The zero-order valence-corrected chi connectivity index (χ0v) is 16.9. The molecule has 1 saturated carbocycles. The monoisotopic (exact) mass is 423 g/mol. The van der Waals surface area contributed by atoms with Crippen molar-refractivity contribution in [3.8, 4) is 16.9 Å². The van der Waals surface area contributed by atoms with Gasteiger partial charge in [0.25, 0.3) is 0 Å². The third kappa shape index (κ3) is 4.11. The summed E-state index contributed by atoms with van der Waals surface area (Å²) in [6.07, 6.45) is 1.16. The Bertz CT molecular complexity index is 937. The smallest absolute Gasteiger partial charge is 0.414 e. The molecular formula is C21H24F3N3O3. The van der Waals surface area contributed by atoms with E-state index in [2.05, 4.69) is 5.10 Å². The van der Waals surface area contributed by atoms with Crippen LogP contribution in [0.3, 0.4) is 0 Å². The molecule has 1 amide bonds. The van der Waals surface area contributed by atoms with E-state index in [-0.39, 0.29) is 6.04 Å². The Hall–Kier alpha value is -2.71. The molecule has 0 spiro atoms. The van der Waals surface area contributed by atoms with Crippen molar-refractivity contribution < 1.29 is 27.4 Å². The van der Waals surface area contributed by atoms with Gasteiger partial charge in [0.1, 0.15) is 5.75 Å². The predicted molar refractivity (Wildman–Crippen MR) is 105 cm³/mol. The van der Waals surface area contributed by atoms with Gasteiger partial charge in [-0.25, -0.2) is 4.79 Å². The van der Waals surface area contributed by atoms with Crippen molar-refractivity contribution in [1.29, 1.82) is 0 Å². The highest BCUT2D eigenvalue weighted by molar-refractivity contribution is 5.92. The quantitative estimate of drug-likeness (QED) is 0.670. The van der Waals surface area contributed by atoms with Crippen molar-refractivity contribution >= 4 is 11.8 Å². The highest BCUT2D eigenvalue weighted by atomic mass is 19.4. The number of hydrogen-bond donors (Lipinski definition) is 0. The minimum Gasteiger partial charge on any atom is -0.492 e. The topological polar surface area (TPSA) is 56.6 Å². The first-order valence-corrected chi connectivity index (χ1v) is 10.1. The summed E-state index contributed by atoms with van der Waals surface area (Å²) in [5, 5.41) is 4.39. The van der Waals surface area contributed by atoms with Gasteiger partial charge in [-0.15, -0.1) is 0 Å². The molecule has 0 radical (unpaired) electrons. The van der Waals surface area contributed by atoms with E-state index in [1.807, 2.05) is 23.9 Å². The second-order valence-corrected chi connectivity index (χ2v) is 7.82. The molecule has 1 atom stereocenters. The number of alkyl halides is 3. The number of benzene rings is 1. The van der Waals surface area contributed by atoms with Gasteiger partial charge in [-0.1, -0.05) is 0 Å². The average Bonchev–Trinajstić information content (AvgIpc) is 3.43. The number of ether oxygens (including phenoxy) is 2. The summed E-state index contributed by atoms with van der Waals surface area (Å²) in [4.78, 5) is 13.9. The third-order valence-electron chi connectivity index (χ3n) is 5.58. The number of rotatable bonds is 5. The highest BCUT2D eigenvalue weighted by Gasteiger charge is 2.33. The Balaban J connectivity index is 1.74. The molecule has 1 unspecified atom stereocenters. The van der Waals surface area contributed by atoms with Gasteiger partial charge in [0.05, 0.1) is 38.1 Å². The van der Waals surface area contributed by atoms with Crippen LogP contribution in [0.15, 0.2) is 24.5 Å². The minimum atomic E-state index is -4.31. The lowest BCUT2D eigenvalue weighted by atomic mass is 9.92. The van der Waals surface area contributed by atoms with Crippen molar-refractivity contribution in [3.05, 3.63) is 30.1 Å². The zero-order chi connectivity index (χ0) is 21.5. The standard InChI is InChI=1S/C21H24F3N3O3/c1-13-3-6-17-18(27(13)20(28)29-2)8-7-16(19(17)30-10-9-21(22,23)24)14-11-25-26(12-14)15-4-5-15/h7-8,11-13,15H,3-6,9-10H2,1-2H3. The fourth-order valence-electron chi connectivity index (χ4n) is 3.86. The Morgan fingerprint density at radius 3 is 2.70 bits per heavy atom. The molecule has 1 aromatic carbocycles. The van der Waals surface area contributed by atoms with Gasteiger partial charge in [-0.05, 0) is 44.7 Å². The molecule has 4 rings (SSSR count). The summed E-state index contributed by atoms with van der Waals surface area (Å²) in [7, 11) is 1.31. The number of amides is 1. The van der Waals surface area contributed by atoms with Crippen LogP contribution in [0.2, 0.25) is 0 Å². The lowest BCUT2D eigenvalue weighted by Gasteiger charge is -2.35. The maximum atomic E-state index is 12.7. The summed E-state index contributed by atoms with van der Waals surface area (Å²) in [5.41, 5.74) is 2.80. The van der Waals surface area contributed by atoms with Gasteiger partial charge in [0.15, 0.2) is 0 Å². The summed E-state index contributed by atoms with van der Waals surface area (Å²) in [5.74, 6) is 0.382. The fraction of sp³-hybridized carbons (Fsp3) is 0.524. The number of carbonyl (C=O) groups is 1. The van der Waals surface area contributed by atoms with E-state index in [0.717, 1.165) is 24.0 Å². The van der Waals surface area contributed by atoms with Crippen LogP contribution in [-0.4, -0.2) is 41.8 Å². The molecule has 0 N–H and O–H groups in total. The van der Waals surface area contributed by atoms with Gasteiger partial charge in [0, 0.05) is 28.9 Å². The Morgan fingerprint density at radius 1 is 1.27 bits per heavy atom. The van der Waals surface area contributed by atoms with Crippen LogP contribution in [-0.2, 0) is 11.2 Å². The zero-order valence-electron chi connectivity index (χ0n) is 16.9. The van der Waals surface area contributed by atoms with Gasteiger partial charge >= 0.3 is 12.3 Å². The van der Waals surface area contributed by atoms with Crippen molar-refractivity contribution in [2.24, 2.45) is 0 Å². The SMILES string of the molecule is COC(=O)N1c2ccc(-c3cnn(C4CC4)c3)c(OCCC(F)(F)F)c2CCC1C. The number of fused-ring (bicyclic) bond motifs is 1. The van der Waals surface area contributed by atoms with E-state index in [4.69, 9.17) is 9.47 Å². The van der Waals surface area contributed by atoms with Crippen LogP contribution < -0.4 is 9.64 Å². The number of methoxy groups -OCH3 is 1. The van der Waals surface area contributed by atoms with Gasteiger partial charge in [0.2, 0.25) is 0 Å². The van der Waals surface area contributed by atoms with Gasteiger partial charge < -0.3 is 9.47 Å². The summed E-state index contributed by atoms with van der Waals surface area (Å²) in [6, 6.07) is 3.89. The number of halogens is 3. The molecule has 2 heterocycles. The van der Waals surface area contributed by atoms with E-state index >= 15 is 0 Å². The molecule has 1 aliphatic carbocycles. The molecule has 9 heteroatoms. The average molecular weight is 423 g/mol. The predicted octanol–water partition coefficient (Wildman–Crippen LogP) is 5.12. The molecule has 1 aliphatic heterocycles. The van der Waals surface area contributed by atoms with Crippen molar-refractivity contribution in [3.63, 3.8) is 0 Å². The molecule has 0 saturated heterocycles. The third-order valence-corrected chi connectivity index (χ3v) is 5.58. The van der Waals surface area contributed by atoms with Crippen molar-refractivity contribution in [2.75, 3.05) is 18.6 Å². The molecule has 162 valence electrons.